The molecule has 1 aliphatic rings. The number of anilines is 2. The van der Waals surface area contributed by atoms with E-state index in [1.165, 1.54) is 0 Å². The molecule has 1 heterocycles. The van der Waals surface area contributed by atoms with Gasteiger partial charge >= 0.3 is 0 Å². The molecule has 0 amide bonds. The molecule has 2 aromatic rings. The predicted molar refractivity (Wildman–Crippen MR) is 96.0 cm³/mol. The molecule has 1 atom stereocenters. The van der Waals surface area contributed by atoms with Crippen molar-refractivity contribution in [2.75, 3.05) is 4.90 Å². The van der Waals surface area contributed by atoms with Gasteiger partial charge in [0.15, 0.2) is 0 Å². The van der Waals surface area contributed by atoms with Gasteiger partial charge in [-0.1, -0.05) is 87.1 Å². The summed E-state index contributed by atoms with van der Waals surface area (Å²) in [6, 6.07) is 17.6. The Balaban J connectivity index is 2.22. The zero-order chi connectivity index (χ0) is 15.0. The molecule has 0 saturated heterocycles. The molecule has 0 spiro atoms. The molecule has 0 N–H and O–H groups in total. The van der Waals surface area contributed by atoms with Gasteiger partial charge < -0.3 is 4.90 Å². The van der Waals surface area contributed by atoms with Crippen LogP contribution in [0.4, 0.5) is 11.4 Å². The van der Waals surface area contributed by atoms with Crippen molar-refractivity contribution >= 4 is 68.2 Å². The molecule has 0 fully saturated rings. The highest BCUT2D eigenvalue weighted by Crippen LogP contribution is 2.48. The van der Waals surface area contributed by atoms with E-state index >= 15 is 0 Å². The Morgan fingerprint density at radius 2 is 1.52 bits per heavy atom. The van der Waals surface area contributed by atoms with Crippen LogP contribution in [0.5, 0.6) is 0 Å². The fourth-order valence-corrected chi connectivity index (χ4v) is 4.33. The standard InChI is InChI=1S/C16H11BrCl3N/c17-13-10-11-6-4-5-9-14(11)21(15(13)16(18,19)20)12-7-2-1-3-8-12/h1-10,15H. The Morgan fingerprint density at radius 1 is 0.905 bits per heavy atom. The van der Waals surface area contributed by atoms with Gasteiger partial charge in [-0.2, -0.15) is 0 Å². The van der Waals surface area contributed by atoms with E-state index in [9.17, 15) is 0 Å². The van der Waals surface area contributed by atoms with Crippen molar-refractivity contribution in [3.05, 3.63) is 64.6 Å². The zero-order valence-corrected chi connectivity index (χ0v) is 14.7. The van der Waals surface area contributed by atoms with Crippen LogP contribution in [-0.2, 0) is 0 Å². The maximum Gasteiger partial charge on any atom is 0.215 e. The van der Waals surface area contributed by atoms with Crippen LogP contribution < -0.4 is 4.90 Å². The SMILES string of the molecule is ClC(Cl)(Cl)C1C(Br)=Cc2ccccc2N1c1ccccc1. The van der Waals surface area contributed by atoms with Crippen LogP contribution in [0.25, 0.3) is 6.08 Å². The lowest BCUT2D eigenvalue weighted by Crippen LogP contribution is -2.43. The summed E-state index contributed by atoms with van der Waals surface area (Å²) in [5.41, 5.74) is 3.08. The van der Waals surface area contributed by atoms with E-state index in [0.717, 1.165) is 21.4 Å². The molecule has 0 saturated carbocycles. The number of fused-ring (bicyclic) bond motifs is 1. The maximum absolute atomic E-state index is 6.24. The third-order valence-corrected chi connectivity index (χ3v) is 4.64. The summed E-state index contributed by atoms with van der Waals surface area (Å²) in [5, 5.41) is 0. The molecule has 21 heavy (non-hydrogen) atoms. The highest BCUT2D eigenvalue weighted by molar-refractivity contribution is 9.11. The normalized spacial score (nSPS) is 18.2. The number of alkyl halides is 3. The van der Waals surface area contributed by atoms with E-state index in [4.69, 9.17) is 34.8 Å². The van der Waals surface area contributed by atoms with Crippen LogP contribution in [0, 0.1) is 0 Å². The molecule has 3 rings (SSSR count). The van der Waals surface area contributed by atoms with Gasteiger partial charge in [-0.25, -0.2) is 0 Å². The third kappa shape index (κ3) is 2.95. The van der Waals surface area contributed by atoms with E-state index < -0.39 is 9.83 Å². The largest absolute Gasteiger partial charge is 0.329 e. The van der Waals surface area contributed by atoms with Gasteiger partial charge in [0.05, 0.1) is 0 Å². The minimum atomic E-state index is -1.46. The molecule has 5 heteroatoms. The lowest BCUT2D eigenvalue weighted by atomic mass is 10.0. The monoisotopic (exact) mass is 401 g/mol. The third-order valence-electron chi connectivity index (χ3n) is 3.35. The average molecular weight is 404 g/mol. The Bertz CT molecular complexity index is 679. The number of benzene rings is 2. The Labute approximate surface area is 147 Å². The summed E-state index contributed by atoms with van der Waals surface area (Å²) in [4.78, 5) is 2.05. The second kappa shape index (κ2) is 5.85. The first-order valence-electron chi connectivity index (χ1n) is 6.35. The predicted octanol–water partition coefficient (Wildman–Crippen LogP) is 6.31. The number of hydrogen-bond acceptors (Lipinski definition) is 1. The van der Waals surface area contributed by atoms with Gasteiger partial charge in [0.1, 0.15) is 6.04 Å². The second-order valence-electron chi connectivity index (χ2n) is 4.74. The molecule has 1 unspecified atom stereocenters. The molecule has 0 aliphatic carbocycles. The van der Waals surface area contributed by atoms with Gasteiger partial charge in [-0.15, -0.1) is 0 Å². The molecule has 2 aromatic carbocycles. The molecular formula is C16H11BrCl3N. The summed E-state index contributed by atoms with van der Waals surface area (Å²) >= 11 is 22.3. The Kier molecular flexibility index (Phi) is 4.24. The highest BCUT2D eigenvalue weighted by Gasteiger charge is 2.42. The van der Waals surface area contributed by atoms with Crippen molar-refractivity contribution < 1.29 is 0 Å². The van der Waals surface area contributed by atoms with E-state index in [1.807, 2.05) is 65.6 Å². The molecule has 1 aliphatic heterocycles. The highest BCUT2D eigenvalue weighted by atomic mass is 79.9. The maximum atomic E-state index is 6.24. The number of halogens is 4. The van der Waals surface area contributed by atoms with Crippen LogP contribution in [0.1, 0.15) is 5.56 Å². The first kappa shape index (κ1) is 15.2. The quantitative estimate of drug-likeness (QED) is 0.504. The number of rotatable bonds is 1. The van der Waals surface area contributed by atoms with Crippen molar-refractivity contribution in [2.24, 2.45) is 0 Å². The minimum absolute atomic E-state index is 0.417. The smallest absolute Gasteiger partial charge is 0.215 e. The molecule has 0 radical (unpaired) electrons. The lowest BCUT2D eigenvalue weighted by molar-refractivity contribution is 0.787. The summed E-state index contributed by atoms with van der Waals surface area (Å²) < 4.78 is -0.622. The van der Waals surface area contributed by atoms with E-state index in [0.29, 0.717) is 0 Å². The molecule has 108 valence electrons. The summed E-state index contributed by atoms with van der Waals surface area (Å²) in [5.74, 6) is 0. The van der Waals surface area contributed by atoms with Crippen LogP contribution in [0.2, 0.25) is 0 Å². The Hall–Kier alpha value is -0.670. The van der Waals surface area contributed by atoms with Crippen LogP contribution >= 0.6 is 50.7 Å². The second-order valence-corrected chi connectivity index (χ2v) is 8.02. The first-order chi connectivity index (χ1) is 9.98. The molecule has 0 aromatic heterocycles. The molecular weight excluding hydrogens is 392 g/mol. The van der Waals surface area contributed by atoms with Gasteiger partial charge in [0.25, 0.3) is 0 Å². The number of hydrogen-bond donors (Lipinski definition) is 0. The number of nitrogens with zero attached hydrogens (tertiary/aromatic N) is 1. The van der Waals surface area contributed by atoms with E-state index in [-0.39, 0.29) is 0 Å². The zero-order valence-electron chi connectivity index (χ0n) is 10.8. The fraction of sp³-hybridized carbons (Fsp3) is 0.125. The van der Waals surface area contributed by atoms with Crippen molar-refractivity contribution in [1.82, 2.24) is 0 Å². The van der Waals surface area contributed by atoms with E-state index in [2.05, 4.69) is 15.9 Å². The van der Waals surface area contributed by atoms with Gasteiger partial charge in [0.2, 0.25) is 3.79 Å². The fourth-order valence-electron chi connectivity index (χ4n) is 2.50. The average Bonchev–Trinajstić information content (AvgIpc) is 2.45. The van der Waals surface area contributed by atoms with Gasteiger partial charge in [-0.05, 0) is 29.8 Å². The minimum Gasteiger partial charge on any atom is -0.329 e. The topological polar surface area (TPSA) is 3.24 Å². The first-order valence-corrected chi connectivity index (χ1v) is 8.28. The summed E-state index contributed by atoms with van der Waals surface area (Å²) in [6.07, 6.45) is 2.00. The Morgan fingerprint density at radius 3 is 2.19 bits per heavy atom. The van der Waals surface area contributed by atoms with E-state index in [1.54, 1.807) is 0 Å². The van der Waals surface area contributed by atoms with Crippen molar-refractivity contribution in [1.29, 1.82) is 0 Å². The van der Waals surface area contributed by atoms with Gasteiger partial charge in [0, 0.05) is 15.9 Å². The van der Waals surface area contributed by atoms with Crippen LogP contribution in [0.15, 0.2) is 59.1 Å². The van der Waals surface area contributed by atoms with Crippen LogP contribution in [-0.4, -0.2) is 9.83 Å². The summed E-state index contributed by atoms with van der Waals surface area (Å²) in [7, 11) is 0. The molecule has 1 nitrogen and oxygen atoms in total. The number of para-hydroxylation sites is 2. The lowest BCUT2D eigenvalue weighted by Gasteiger charge is -2.41. The molecule has 0 bridgehead atoms. The van der Waals surface area contributed by atoms with Crippen molar-refractivity contribution in [3.63, 3.8) is 0 Å². The van der Waals surface area contributed by atoms with Gasteiger partial charge in [-0.3, -0.25) is 0 Å². The van der Waals surface area contributed by atoms with Crippen molar-refractivity contribution in [3.8, 4) is 0 Å². The summed E-state index contributed by atoms with van der Waals surface area (Å²) in [6.45, 7) is 0. The van der Waals surface area contributed by atoms with Crippen molar-refractivity contribution in [2.45, 2.75) is 9.83 Å². The van der Waals surface area contributed by atoms with Crippen LogP contribution in [0.3, 0.4) is 0 Å².